The number of aliphatic imine (C=N–C) groups is 1. The van der Waals surface area contributed by atoms with Crippen LogP contribution in [0.1, 0.15) is 17.0 Å². The largest absolute Gasteiger partial charge is 0.366 e. The molecule has 1 aliphatic rings. The van der Waals surface area contributed by atoms with Crippen LogP contribution in [-0.4, -0.2) is 53.9 Å². The van der Waals surface area contributed by atoms with Crippen LogP contribution in [0.15, 0.2) is 29.3 Å². The summed E-state index contributed by atoms with van der Waals surface area (Å²) in [5.41, 5.74) is 4.09. The Morgan fingerprint density at radius 3 is 2.41 bits per heavy atom. The third-order valence-electron chi connectivity index (χ3n) is 5.07. The number of anilines is 1. The number of nitrogens with zero attached hydrogens (tertiary/aromatic N) is 5. The molecule has 0 amide bonds. The lowest BCUT2D eigenvalue weighted by molar-refractivity contribution is 0.370. The molecule has 2 heterocycles. The fourth-order valence-corrected chi connectivity index (χ4v) is 3.44. The zero-order valence-electron chi connectivity index (χ0n) is 16.4. The number of rotatable bonds is 3. The average molecular weight is 486 g/mol. The molecule has 1 N–H and O–H groups in total. The number of para-hydroxylation sites is 1. The van der Waals surface area contributed by atoms with E-state index in [1.807, 2.05) is 30.8 Å². The van der Waals surface area contributed by atoms with Crippen LogP contribution in [0.2, 0.25) is 0 Å². The maximum atomic E-state index is 14.0. The predicted octanol–water partition coefficient (Wildman–Crippen LogP) is 2.69. The number of hydrogen-bond acceptors (Lipinski definition) is 3. The minimum atomic E-state index is -0.161. The van der Waals surface area contributed by atoms with E-state index in [1.54, 1.807) is 13.1 Å². The van der Waals surface area contributed by atoms with Crippen LogP contribution in [0, 0.1) is 19.7 Å². The van der Waals surface area contributed by atoms with Gasteiger partial charge in [0, 0.05) is 58.1 Å². The lowest BCUT2D eigenvalue weighted by atomic mass is 10.2. The SMILES string of the molecule is CN=C(NCc1c(C)nn(C)c1C)N1CCN(c2ccccc2F)CC1.I. The molecule has 2 aromatic rings. The minimum absolute atomic E-state index is 0. The van der Waals surface area contributed by atoms with E-state index in [0.29, 0.717) is 12.2 Å². The van der Waals surface area contributed by atoms with Gasteiger partial charge in [-0.1, -0.05) is 12.1 Å². The maximum Gasteiger partial charge on any atom is 0.194 e. The smallest absolute Gasteiger partial charge is 0.194 e. The van der Waals surface area contributed by atoms with Crippen molar-refractivity contribution in [2.24, 2.45) is 12.0 Å². The molecule has 148 valence electrons. The molecule has 27 heavy (non-hydrogen) atoms. The van der Waals surface area contributed by atoms with Gasteiger partial charge in [0.2, 0.25) is 0 Å². The van der Waals surface area contributed by atoms with Gasteiger partial charge in [0.25, 0.3) is 0 Å². The van der Waals surface area contributed by atoms with Crippen molar-refractivity contribution >= 4 is 35.6 Å². The van der Waals surface area contributed by atoms with Crippen LogP contribution in [0.5, 0.6) is 0 Å². The van der Waals surface area contributed by atoms with Crippen LogP contribution in [0.4, 0.5) is 10.1 Å². The molecule has 0 spiro atoms. The Morgan fingerprint density at radius 2 is 1.85 bits per heavy atom. The topological polar surface area (TPSA) is 48.7 Å². The number of hydrogen-bond donors (Lipinski definition) is 1. The Kier molecular flexibility index (Phi) is 7.46. The fourth-order valence-electron chi connectivity index (χ4n) is 3.44. The van der Waals surface area contributed by atoms with E-state index < -0.39 is 0 Å². The van der Waals surface area contributed by atoms with Gasteiger partial charge in [0.15, 0.2) is 5.96 Å². The molecule has 1 aliphatic heterocycles. The predicted molar refractivity (Wildman–Crippen MR) is 118 cm³/mol. The summed E-state index contributed by atoms with van der Waals surface area (Å²) in [6, 6.07) is 6.96. The normalized spacial score (nSPS) is 14.9. The molecule has 1 saturated heterocycles. The van der Waals surface area contributed by atoms with Crippen molar-refractivity contribution in [3.8, 4) is 0 Å². The van der Waals surface area contributed by atoms with Crippen molar-refractivity contribution in [1.29, 1.82) is 0 Å². The van der Waals surface area contributed by atoms with Crippen molar-refractivity contribution < 1.29 is 4.39 Å². The van der Waals surface area contributed by atoms with Crippen molar-refractivity contribution in [2.75, 3.05) is 38.1 Å². The van der Waals surface area contributed by atoms with Crippen LogP contribution >= 0.6 is 24.0 Å². The summed E-state index contributed by atoms with van der Waals surface area (Å²) in [7, 11) is 3.76. The summed E-state index contributed by atoms with van der Waals surface area (Å²) in [5, 5.41) is 7.91. The van der Waals surface area contributed by atoms with Gasteiger partial charge in [-0.05, 0) is 26.0 Å². The number of halogens is 2. The standard InChI is InChI=1S/C19H27FN6.HI/c1-14-16(15(2)24(4)23-14)13-22-19(21-3)26-11-9-25(10-12-26)18-8-6-5-7-17(18)20;/h5-8H,9-13H2,1-4H3,(H,21,22);1H. The number of nitrogens with one attached hydrogen (secondary N) is 1. The second-order valence-corrected chi connectivity index (χ2v) is 6.60. The fraction of sp³-hybridized carbons (Fsp3) is 0.474. The molecule has 1 fully saturated rings. The van der Waals surface area contributed by atoms with E-state index in [2.05, 4.69) is 32.1 Å². The van der Waals surface area contributed by atoms with E-state index in [0.717, 1.165) is 43.5 Å². The molecule has 6 nitrogen and oxygen atoms in total. The van der Waals surface area contributed by atoms with Crippen molar-refractivity contribution in [1.82, 2.24) is 20.0 Å². The van der Waals surface area contributed by atoms with Gasteiger partial charge in [0.05, 0.1) is 11.4 Å². The van der Waals surface area contributed by atoms with Gasteiger partial charge < -0.3 is 15.1 Å². The Morgan fingerprint density at radius 1 is 1.19 bits per heavy atom. The van der Waals surface area contributed by atoms with Gasteiger partial charge in [-0.15, -0.1) is 24.0 Å². The molecule has 0 aliphatic carbocycles. The first-order chi connectivity index (χ1) is 12.5. The van der Waals surface area contributed by atoms with Crippen LogP contribution in [0.3, 0.4) is 0 Å². The lowest BCUT2D eigenvalue weighted by Crippen LogP contribution is -2.52. The molecule has 0 radical (unpaired) electrons. The molecule has 0 saturated carbocycles. The van der Waals surface area contributed by atoms with Gasteiger partial charge in [-0.25, -0.2) is 4.39 Å². The molecule has 3 rings (SSSR count). The highest BCUT2D eigenvalue weighted by Crippen LogP contribution is 2.20. The zero-order valence-corrected chi connectivity index (χ0v) is 18.7. The third kappa shape index (κ3) is 4.72. The van der Waals surface area contributed by atoms with Crippen LogP contribution < -0.4 is 10.2 Å². The Labute approximate surface area is 177 Å². The Bertz CT molecular complexity index is 795. The quantitative estimate of drug-likeness (QED) is 0.412. The summed E-state index contributed by atoms with van der Waals surface area (Å²) in [6.07, 6.45) is 0. The third-order valence-corrected chi connectivity index (χ3v) is 5.07. The van der Waals surface area contributed by atoms with E-state index in [9.17, 15) is 4.39 Å². The summed E-state index contributed by atoms with van der Waals surface area (Å²) in [5.74, 6) is 0.715. The first-order valence-corrected chi connectivity index (χ1v) is 8.95. The molecule has 0 bridgehead atoms. The molecule has 1 aromatic carbocycles. The summed E-state index contributed by atoms with van der Waals surface area (Å²) < 4.78 is 15.9. The number of guanidine groups is 1. The first-order valence-electron chi connectivity index (χ1n) is 8.95. The van der Waals surface area contributed by atoms with Gasteiger partial charge in [-0.2, -0.15) is 5.10 Å². The molecule has 0 unspecified atom stereocenters. The monoisotopic (exact) mass is 486 g/mol. The van der Waals surface area contributed by atoms with Gasteiger partial charge in [0.1, 0.15) is 5.82 Å². The first kappa shape index (κ1) is 21.5. The number of aromatic nitrogens is 2. The number of piperazine rings is 1. The average Bonchev–Trinajstić information content (AvgIpc) is 2.89. The highest BCUT2D eigenvalue weighted by Gasteiger charge is 2.21. The minimum Gasteiger partial charge on any atom is -0.366 e. The molecular formula is C19H28FIN6. The summed E-state index contributed by atoms with van der Waals surface area (Å²) in [4.78, 5) is 8.73. The Balaban J connectivity index is 0.00000261. The van der Waals surface area contributed by atoms with E-state index in [1.165, 1.54) is 11.6 Å². The molecule has 0 atom stereocenters. The van der Waals surface area contributed by atoms with E-state index in [4.69, 9.17) is 0 Å². The maximum absolute atomic E-state index is 14.0. The molecule has 1 aromatic heterocycles. The van der Waals surface area contributed by atoms with Crippen LogP contribution in [-0.2, 0) is 13.6 Å². The van der Waals surface area contributed by atoms with Crippen molar-refractivity contribution in [3.63, 3.8) is 0 Å². The lowest BCUT2D eigenvalue weighted by Gasteiger charge is -2.37. The van der Waals surface area contributed by atoms with Crippen molar-refractivity contribution in [2.45, 2.75) is 20.4 Å². The number of aryl methyl sites for hydroxylation is 2. The van der Waals surface area contributed by atoms with E-state index >= 15 is 0 Å². The highest BCUT2D eigenvalue weighted by atomic mass is 127. The second kappa shape index (κ2) is 9.38. The molecular weight excluding hydrogens is 458 g/mol. The van der Waals surface area contributed by atoms with E-state index in [-0.39, 0.29) is 29.8 Å². The molecule has 8 heteroatoms. The van der Waals surface area contributed by atoms with Gasteiger partial charge >= 0.3 is 0 Å². The highest BCUT2D eigenvalue weighted by molar-refractivity contribution is 14.0. The van der Waals surface area contributed by atoms with Crippen LogP contribution in [0.25, 0.3) is 0 Å². The summed E-state index contributed by atoms with van der Waals surface area (Å²) in [6.45, 7) is 7.95. The van der Waals surface area contributed by atoms with Crippen molar-refractivity contribution in [3.05, 3.63) is 47.0 Å². The van der Waals surface area contributed by atoms with Gasteiger partial charge in [-0.3, -0.25) is 9.67 Å². The number of benzene rings is 1. The second-order valence-electron chi connectivity index (χ2n) is 6.60. The Hall–Kier alpha value is -1.84. The summed E-state index contributed by atoms with van der Waals surface area (Å²) >= 11 is 0. The zero-order chi connectivity index (χ0) is 18.7.